The molecule has 2 nitrogen and oxygen atoms in total. The maximum Gasteiger partial charge on any atom is 1.00 e. The molecule has 0 aliphatic rings. The van der Waals surface area contributed by atoms with Crippen LogP contribution in [-0.4, -0.2) is 11.8 Å². The van der Waals surface area contributed by atoms with Crippen molar-refractivity contribution in [3.8, 4) is 0 Å². The van der Waals surface area contributed by atoms with E-state index in [9.17, 15) is 4.79 Å². The molecule has 0 atom stereocenters. The summed E-state index contributed by atoms with van der Waals surface area (Å²) in [6.45, 7) is 0. The maximum absolute atomic E-state index is 9.97. The van der Waals surface area contributed by atoms with Crippen molar-refractivity contribution in [3.63, 3.8) is 0 Å². The third kappa shape index (κ3) is 5.72. The molecule has 54 valence electrons. The van der Waals surface area contributed by atoms with Gasteiger partial charge in [-0.15, -0.1) is 0 Å². The molecule has 0 saturated carbocycles. The molecule has 1 rings (SSSR count). The van der Waals surface area contributed by atoms with E-state index in [2.05, 4.69) is 0 Å². The van der Waals surface area contributed by atoms with Crippen molar-refractivity contribution < 1.29 is 61.7 Å². The van der Waals surface area contributed by atoms with Crippen LogP contribution in [-0.2, 0) is 11.2 Å². The SMILES string of the molecule is O=CCc1ccccc1.[K+].[OH-]. The third-order valence-corrected chi connectivity index (χ3v) is 1.16. The summed E-state index contributed by atoms with van der Waals surface area (Å²) in [5, 5.41) is 0. The fourth-order valence-corrected chi connectivity index (χ4v) is 0.710. The number of carbonyl (C=O) groups is 1. The monoisotopic (exact) mass is 176 g/mol. The fraction of sp³-hybridized carbons (Fsp3) is 0.125. The van der Waals surface area contributed by atoms with Crippen molar-refractivity contribution in [2.45, 2.75) is 6.42 Å². The number of hydrogen-bond acceptors (Lipinski definition) is 2. The molecule has 11 heavy (non-hydrogen) atoms. The van der Waals surface area contributed by atoms with Crippen molar-refractivity contribution in [1.82, 2.24) is 0 Å². The van der Waals surface area contributed by atoms with Crippen LogP contribution in [0.2, 0.25) is 0 Å². The van der Waals surface area contributed by atoms with Crippen LogP contribution in [0.1, 0.15) is 5.56 Å². The third-order valence-electron chi connectivity index (χ3n) is 1.16. The first-order valence-corrected chi connectivity index (χ1v) is 2.91. The zero-order valence-electron chi connectivity index (χ0n) is 6.53. The Morgan fingerprint density at radius 1 is 1.18 bits per heavy atom. The van der Waals surface area contributed by atoms with Crippen LogP contribution in [0.15, 0.2) is 30.3 Å². The smallest absolute Gasteiger partial charge is 0.870 e. The standard InChI is InChI=1S/C8H8O.K.H2O/c9-7-6-8-4-2-1-3-5-8;;/h1-5,7H,6H2;;1H2/q;+1;/p-1. The molecule has 0 aromatic heterocycles. The summed E-state index contributed by atoms with van der Waals surface area (Å²) < 4.78 is 0. The Balaban J connectivity index is 0. The molecule has 1 N–H and O–H groups in total. The fourth-order valence-electron chi connectivity index (χ4n) is 0.710. The van der Waals surface area contributed by atoms with E-state index in [-0.39, 0.29) is 56.9 Å². The van der Waals surface area contributed by atoms with Crippen molar-refractivity contribution in [3.05, 3.63) is 35.9 Å². The second-order valence-corrected chi connectivity index (χ2v) is 1.86. The van der Waals surface area contributed by atoms with Crippen molar-refractivity contribution in [2.24, 2.45) is 0 Å². The van der Waals surface area contributed by atoms with Gasteiger partial charge in [0.25, 0.3) is 0 Å². The second-order valence-electron chi connectivity index (χ2n) is 1.86. The van der Waals surface area contributed by atoms with Gasteiger partial charge in [0.05, 0.1) is 0 Å². The van der Waals surface area contributed by atoms with E-state index in [0.717, 1.165) is 11.8 Å². The Labute approximate surface area is 109 Å². The molecule has 3 heteroatoms. The molecule has 0 aliphatic carbocycles. The van der Waals surface area contributed by atoms with Gasteiger partial charge in [0.2, 0.25) is 0 Å². The van der Waals surface area contributed by atoms with E-state index in [4.69, 9.17) is 0 Å². The normalized spacial score (nSPS) is 7.27. The summed E-state index contributed by atoms with van der Waals surface area (Å²) in [6, 6.07) is 9.68. The van der Waals surface area contributed by atoms with Crippen LogP contribution in [0.3, 0.4) is 0 Å². The number of carbonyl (C=O) groups excluding carboxylic acids is 1. The van der Waals surface area contributed by atoms with E-state index >= 15 is 0 Å². The van der Waals surface area contributed by atoms with Gasteiger partial charge >= 0.3 is 51.4 Å². The molecule has 1 aromatic rings. The predicted octanol–water partition coefficient (Wildman–Crippen LogP) is -1.74. The first kappa shape index (κ1) is 14.0. The van der Waals surface area contributed by atoms with Gasteiger partial charge in [0.1, 0.15) is 6.29 Å². The van der Waals surface area contributed by atoms with E-state index in [1.54, 1.807) is 0 Å². The molecule has 0 saturated heterocycles. The molecule has 0 unspecified atom stereocenters. The summed E-state index contributed by atoms with van der Waals surface area (Å²) in [5.41, 5.74) is 1.08. The van der Waals surface area contributed by atoms with Gasteiger partial charge in [-0.3, -0.25) is 0 Å². The van der Waals surface area contributed by atoms with Gasteiger partial charge in [-0.1, -0.05) is 30.3 Å². The van der Waals surface area contributed by atoms with E-state index in [1.807, 2.05) is 30.3 Å². The van der Waals surface area contributed by atoms with Crippen molar-refractivity contribution in [1.29, 1.82) is 0 Å². The minimum atomic E-state index is 0. The average molecular weight is 176 g/mol. The van der Waals surface area contributed by atoms with Gasteiger partial charge in [-0.25, -0.2) is 0 Å². The molecule has 1 aromatic carbocycles. The van der Waals surface area contributed by atoms with E-state index in [1.165, 1.54) is 0 Å². The Kier molecular flexibility index (Phi) is 11.0. The maximum atomic E-state index is 9.97. The summed E-state index contributed by atoms with van der Waals surface area (Å²) in [7, 11) is 0. The number of benzene rings is 1. The minimum absolute atomic E-state index is 0. The molecule has 0 bridgehead atoms. The Morgan fingerprint density at radius 3 is 2.18 bits per heavy atom. The van der Waals surface area contributed by atoms with Crippen molar-refractivity contribution >= 4 is 6.29 Å². The number of aldehydes is 1. The molecule has 0 radical (unpaired) electrons. The van der Waals surface area contributed by atoms with E-state index in [0.29, 0.717) is 6.42 Å². The van der Waals surface area contributed by atoms with Gasteiger partial charge < -0.3 is 10.3 Å². The molecular weight excluding hydrogens is 167 g/mol. The van der Waals surface area contributed by atoms with Crippen LogP contribution >= 0.6 is 0 Å². The number of rotatable bonds is 2. The predicted molar refractivity (Wildman–Crippen MR) is 38.1 cm³/mol. The topological polar surface area (TPSA) is 47.1 Å². The molecule has 0 heterocycles. The molecule has 0 fully saturated rings. The first-order chi connectivity index (χ1) is 4.43. The van der Waals surface area contributed by atoms with Crippen LogP contribution in [0.25, 0.3) is 0 Å². The van der Waals surface area contributed by atoms with Crippen molar-refractivity contribution in [2.75, 3.05) is 0 Å². The van der Waals surface area contributed by atoms with Crippen LogP contribution in [0.4, 0.5) is 0 Å². The summed E-state index contributed by atoms with van der Waals surface area (Å²) in [4.78, 5) is 9.97. The van der Waals surface area contributed by atoms with Gasteiger partial charge in [0.15, 0.2) is 0 Å². The quantitative estimate of drug-likeness (QED) is 0.396. The Hall–Kier alpha value is 0.486. The van der Waals surface area contributed by atoms with Crippen LogP contribution in [0.5, 0.6) is 0 Å². The van der Waals surface area contributed by atoms with Crippen LogP contribution < -0.4 is 51.4 Å². The Bertz CT molecular complexity index is 187. The largest absolute Gasteiger partial charge is 1.00 e. The number of hydrogen-bond donors (Lipinski definition) is 0. The Morgan fingerprint density at radius 2 is 1.73 bits per heavy atom. The first-order valence-electron chi connectivity index (χ1n) is 2.91. The zero-order valence-corrected chi connectivity index (χ0v) is 9.65. The van der Waals surface area contributed by atoms with Gasteiger partial charge in [0, 0.05) is 6.42 Å². The van der Waals surface area contributed by atoms with Crippen LogP contribution in [0, 0.1) is 0 Å². The second kappa shape index (κ2) is 8.58. The van der Waals surface area contributed by atoms with E-state index < -0.39 is 0 Å². The molecular formula is C8H9KO2. The zero-order chi connectivity index (χ0) is 6.53. The molecule has 0 spiro atoms. The summed E-state index contributed by atoms with van der Waals surface area (Å²) in [5.74, 6) is 0. The minimum Gasteiger partial charge on any atom is -0.870 e. The molecule has 0 amide bonds. The average Bonchev–Trinajstić information content (AvgIpc) is 1.91. The summed E-state index contributed by atoms with van der Waals surface area (Å²) >= 11 is 0. The summed E-state index contributed by atoms with van der Waals surface area (Å²) in [6.07, 6.45) is 1.44. The van der Waals surface area contributed by atoms with Gasteiger partial charge in [-0.2, -0.15) is 0 Å². The van der Waals surface area contributed by atoms with Gasteiger partial charge in [-0.05, 0) is 5.56 Å². The molecule has 0 aliphatic heterocycles.